The van der Waals surface area contributed by atoms with Gasteiger partial charge in [0.1, 0.15) is 5.82 Å². The van der Waals surface area contributed by atoms with Crippen LogP contribution in [-0.2, 0) is 36.6 Å². The number of carbonyl (C=O) groups excluding carboxylic acids is 1. The standard InChI is InChI=1S/C25H34N2.C18H36N2O4.C7H17NO2/c1-7-11-19-13-15-21(16-14-19)23-17-26-25(27-18(5)6)24(22(23)10-4)20(9-3)12-8-2;1-3-5-7-19-8-10-20(11-9-19)18(21)6-13-23-15-17-24-16-14-22-12-4-2;1-2-6-10-7-4-8-3-5-9/h12-17H,5,7-11H2,1-4,6H3,(H,26,27);3-17H2,1-2H3;8-9H,2-7H2,1H3/b20-12+;;. The first kappa shape index (κ1) is 55.9. The van der Waals surface area contributed by atoms with E-state index >= 15 is 0 Å². The van der Waals surface area contributed by atoms with Crippen molar-refractivity contribution in [2.75, 3.05) is 111 Å². The van der Waals surface area contributed by atoms with Gasteiger partial charge in [-0.15, -0.1) is 0 Å². The lowest BCUT2D eigenvalue weighted by atomic mass is 9.90. The minimum absolute atomic E-state index is 0.202. The molecule has 61 heavy (non-hydrogen) atoms. The summed E-state index contributed by atoms with van der Waals surface area (Å²) in [6.07, 6.45) is 14.7. The zero-order valence-corrected chi connectivity index (χ0v) is 39.9. The molecule has 0 unspecified atom stereocenters. The molecule has 0 atom stereocenters. The number of hydrogen-bond donors (Lipinski definition) is 3. The van der Waals surface area contributed by atoms with Crippen molar-refractivity contribution in [3.05, 3.63) is 65.5 Å². The maximum absolute atomic E-state index is 12.1. The molecule has 0 radical (unpaired) electrons. The molecule has 2 heterocycles. The lowest BCUT2D eigenvalue weighted by Crippen LogP contribution is -2.49. The largest absolute Gasteiger partial charge is 0.395 e. The second kappa shape index (κ2) is 37.4. The molecular formula is C50H87N5O6. The highest BCUT2D eigenvalue weighted by atomic mass is 16.5. The van der Waals surface area contributed by atoms with Gasteiger partial charge in [0.05, 0.1) is 52.7 Å². The number of anilines is 1. The molecular weight excluding hydrogens is 767 g/mol. The smallest absolute Gasteiger partial charge is 0.224 e. The van der Waals surface area contributed by atoms with Crippen LogP contribution in [0.1, 0.15) is 123 Å². The minimum atomic E-state index is 0.202. The fraction of sp³-hybridized carbons (Fsp3) is 0.680. The number of nitrogens with one attached hydrogen (secondary N) is 2. The monoisotopic (exact) mass is 854 g/mol. The average Bonchev–Trinajstić information content (AvgIpc) is 3.27. The number of ether oxygens (including phenoxy) is 4. The van der Waals surface area contributed by atoms with Crippen molar-refractivity contribution in [3.63, 3.8) is 0 Å². The van der Waals surface area contributed by atoms with E-state index in [1.165, 1.54) is 52.7 Å². The molecule has 1 aromatic carbocycles. The average molecular weight is 854 g/mol. The molecule has 0 saturated carbocycles. The molecule has 348 valence electrons. The molecule has 0 aliphatic carbocycles. The summed E-state index contributed by atoms with van der Waals surface area (Å²) in [4.78, 5) is 21.4. The van der Waals surface area contributed by atoms with E-state index in [9.17, 15) is 4.79 Å². The number of hydrogen-bond acceptors (Lipinski definition) is 10. The van der Waals surface area contributed by atoms with Gasteiger partial charge in [-0.25, -0.2) is 4.98 Å². The number of piperazine rings is 1. The Kier molecular flexibility index (Phi) is 34.2. The molecule has 0 spiro atoms. The Balaban J connectivity index is 0.000000503. The fourth-order valence-electron chi connectivity index (χ4n) is 6.82. The van der Waals surface area contributed by atoms with Crippen LogP contribution in [0.3, 0.4) is 0 Å². The van der Waals surface area contributed by atoms with E-state index in [1.54, 1.807) is 0 Å². The Morgan fingerprint density at radius 3 is 1.97 bits per heavy atom. The van der Waals surface area contributed by atoms with Crippen LogP contribution in [-0.4, -0.2) is 131 Å². The lowest BCUT2D eigenvalue weighted by Gasteiger charge is -2.34. The number of amides is 1. The van der Waals surface area contributed by atoms with Gasteiger partial charge in [0, 0.05) is 75.5 Å². The summed E-state index contributed by atoms with van der Waals surface area (Å²) in [5, 5.41) is 14.8. The van der Waals surface area contributed by atoms with E-state index in [-0.39, 0.29) is 12.5 Å². The minimum Gasteiger partial charge on any atom is -0.395 e. The molecule has 11 heteroatoms. The number of aliphatic hydroxyl groups excluding tert-OH is 1. The van der Waals surface area contributed by atoms with Gasteiger partial charge in [-0.2, -0.15) is 0 Å². The zero-order chi connectivity index (χ0) is 44.9. The summed E-state index contributed by atoms with van der Waals surface area (Å²) in [5.74, 6) is 1.13. The number of aliphatic hydroxyl groups is 1. The second-order valence-electron chi connectivity index (χ2n) is 15.3. The molecule has 0 bridgehead atoms. The summed E-state index contributed by atoms with van der Waals surface area (Å²) in [7, 11) is 0. The van der Waals surface area contributed by atoms with Crippen molar-refractivity contribution >= 4 is 17.3 Å². The first-order valence-electron chi connectivity index (χ1n) is 23.6. The van der Waals surface area contributed by atoms with E-state index < -0.39 is 0 Å². The van der Waals surface area contributed by atoms with Crippen molar-refractivity contribution in [2.45, 2.75) is 120 Å². The molecule has 1 aliphatic heterocycles. The first-order chi connectivity index (χ1) is 29.7. The molecule has 11 nitrogen and oxygen atoms in total. The molecule has 1 fully saturated rings. The number of nitrogens with zero attached hydrogens (tertiary/aromatic N) is 3. The van der Waals surface area contributed by atoms with Crippen LogP contribution in [0.25, 0.3) is 16.7 Å². The summed E-state index contributed by atoms with van der Waals surface area (Å²) in [6, 6.07) is 8.99. The van der Waals surface area contributed by atoms with Gasteiger partial charge in [0.15, 0.2) is 0 Å². The van der Waals surface area contributed by atoms with Crippen molar-refractivity contribution < 1.29 is 28.8 Å². The number of pyridine rings is 1. The first-order valence-corrected chi connectivity index (χ1v) is 23.6. The molecule has 2 aromatic rings. The summed E-state index contributed by atoms with van der Waals surface area (Å²) < 4.78 is 21.4. The Bertz CT molecular complexity index is 1420. The third kappa shape index (κ3) is 24.9. The second-order valence-corrected chi connectivity index (χ2v) is 15.3. The normalized spacial score (nSPS) is 13.0. The maximum Gasteiger partial charge on any atom is 0.224 e. The van der Waals surface area contributed by atoms with Gasteiger partial charge in [-0.3, -0.25) is 9.69 Å². The highest BCUT2D eigenvalue weighted by Gasteiger charge is 2.20. The lowest BCUT2D eigenvalue weighted by molar-refractivity contribution is -0.134. The summed E-state index contributed by atoms with van der Waals surface area (Å²) in [6.45, 7) is 33.0. The topological polar surface area (TPSA) is 118 Å². The van der Waals surface area contributed by atoms with Crippen LogP contribution in [0.15, 0.2) is 48.8 Å². The van der Waals surface area contributed by atoms with Crippen LogP contribution < -0.4 is 10.6 Å². The predicted octanol–water partition coefficient (Wildman–Crippen LogP) is 9.19. The summed E-state index contributed by atoms with van der Waals surface area (Å²) >= 11 is 0. The van der Waals surface area contributed by atoms with E-state index in [1.807, 2.05) is 18.0 Å². The number of carbonyl (C=O) groups is 1. The highest BCUT2D eigenvalue weighted by Crippen LogP contribution is 2.36. The Morgan fingerprint density at radius 1 is 0.803 bits per heavy atom. The number of benzene rings is 1. The van der Waals surface area contributed by atoms with Crippen LogP contribution in [0.2, 0.25) is 0 Å². The number of allylic oxidation sites excluding steroid dienone is 3. The number of unbranched alkanes of at least 4 members (excludes halogenated alkanes) is 1. The van der Waals surface area contributed by atoms with Crippen molar-refractivity contribution in [1.82, 2.24) is 20.1 Å². The third-order valence-electron chi connectivity index (χ3n) is 9.99. The van der Waals surface area contributed by atoms with E-state index in [0.29, 0.717) is 46.0 Å². The summed E-state index contributed by atoms with van der Waals surface area (Å²) in [5.41, 5.74) is 8.75. The van der Waals surface area contributed by atoms with Gasteiger partial charge in [0.25, 0.3) is 0 Å². The molecule has 3 N–H and O–H groups in total. The van der Waals surface area contributed by atoms with Crippen LogP contribution in [0, 0.1) is 0 Å². The van der Waals surface area contributed by atoms with Gasteiger partial charge >= 0.3 is 0 Å². The van der Waals surface area contributed by atoms with Crippen LogP contribution in [0.5, 0.6) is 0 Å². The SMILES string of the molecule is C=C(C)Nc1ncc(-c2ccc(CCC)cc2)c(CC)c1/C(=C/CC)CC.CCCCN1CCN(C(=O)CCOCCOCCOCCC)CC1.CCCOCCNCCO. The molecule has 1 aliphatic rings. The van der Waals surface area contributed by atoms with Crippen molar-refractivity contribution in [3.8, 4) is 11.1 Å². The van der Waals surface area contributed by atoms with Gasteiger partial charge < -0.3 is 39.6 Å². The van der Waals surface area contributed by atoms with Crippen molar-refractivity contribution in [2.24, 2.45) is 0 Å². The Labute approximate surface area is 372 Å². The fourth-order valence-corrected chi connectivity index (χ4v) is 6.82. The van der Waals surface area contributed by atoms with Crippen LogP contribution >= 0.6 is 0 Å². The third-order valence-corrected chi connectivity index (χ3v) is 9.99. The van der Waals surface area contributed by atoms with Gasteiger partial charge in [-0.1, -0.05) is 98.2 Å². The van der Waals surface area contributed by atoms with E-state index in [2.05, 4.69) is 101 Å². The van der Waals surface area contributed by atoms with Gasteiger partial charge in [0.2, 0.25) is 5.91 Å². The van der Waals surface area contributed by atoms with E-state index in [0.717, 1.165) is 109 Å². The zero-order valence-electron chi connectivity index (χ0n) is 39.9. The quantitative estimate of drug-likeness (QED) is 0.0657. The van der Waals surface area contributed by atoms with Gasteiger partial charge in [-0.05, 0) is 80.7 Å². The maximum atomic E-state index is 12.1. The van der Waals surface area contributed by atoms with Crippen LogP contribution in [0.4, 0.5) is 5.82 Å². The molecule has 1 aromatic heterocycles. The number of rotatable bonds is 30. The molecule has 3 rings (SSSR count). The molecule has 1 saturated heterocycles. The Hall–Kier alpha value is -3.16. The number of aromatic nitrogens is 1. The number of aryl methyl sites for hydroxylation is 1. The Morgan fingerprint density at radius 2 is 1.43 bits per heavy atom. The molecule has 1 amide bonds. The predicted molar refractivity (Wildman–Crippen MR) is 256 cm³/mol. The van der Waals surface area contributed by atoms with Crippen molar-refractivity contribution in [1.29, 1.82) is 0 Å². The van der Waals surface area contributed by atoms with E-state index in [4.69, 9.17) is 29.0 Å². The highest BCUT2D eigenvalue weighted by molar-refractivity contribution is 5.83.